The fraction of sp³-hybridized carbons (Fsp3) is 0.952. The Kier molecular flexibility index (Phi) is 37.6. The van der Waals surface area contributed by atoms with Crippen LogP contribution in [0, 0.1) is 0 Å². The Bertz CT molecular complexity index is 618. The number of alkyl halides is 2. The van der Waals surface area contributed by atoms with Crippen LogP contribution in [0.3, 0.4) is 0 Å². The number of carbonyl (C=O) groups excluding carboxylic acids is 2. The van der Waals surface area contributed by atoms with E-state index in [0.29, 0.717) is 38.9 Å². The van der Waals surface area contributed by atoms with Gasteiger partial charge in [0.25, 0.3) is 0 Å². The first-order valence-electron chi connectivity index (χ1n) is 21.1. The molecule has 0 saturated carbocycles. The smallest absolute Gasteiger partial charge is 0.306 e. The quantitative estimate of drug-likeness (QED) is 0.0477. The normalized spacial score (nSPS) is 12.7. The second-order valence-corrected chi connectivity index (χ2v) is 14.5. The molecule has 0 spiro atoms. The Labute approximate surface area is 297 Å². The van der Waals surface area contributed by atoms with Gasteiger partial charge in [-0.1, -0.05) is 181 Å². The third kappa shape index (κ3) is 37.6. The molecular weight excluding hydrogens is 606 g/mol. The molecule has 2 unspecified atom stereocenters. The van der Waals surface area contributed by atoms with E-state index < -0.39 is 12.3 Å². The first-order valence-corrected chi connectivity index (χ1v) is 21.1. The topological polar surface area (TPSA) is 52.6 Å². The Morgan fingerprint density at radius 1 is 0.375 bits per heavy atom. The van der Waals surface area contributed by atoms with Gasteiger partial charge in [0.15, 0.2) is 0 Å². The van der Waals surface area contributed by atoms with Crippen LogP contribution in [0.5, 0.6) is 0 Å². The number of hydrogen-bond donors (Lipinski definition) is 0. The third-order valence-electron chi connectivity index (χ3n) is 9.62. The van der Waals surface area contributed by atoms with Gasteiger partial charge >= 0.3 is 11.9 Å². The van der Waals surface area contributed by atoms with Crippen molar-refractivity contribution < 1.29 is 27.8 Å². The van der Waals surface area contributed by atoms with Crippen molar-refractivity contribution in [1.82, 2.24) is 0 Å². The summed E-state index contributed by atoms with van der Waals surface area (Å²) in [5.41, 5.74) is 0. The average Bonchev–Trinajstić information content (AvgIpc) is 3.08. The molecule has 48 heavy (non-hydrogen) atoms. The van der Waals surface area contributed by atoms with Gasteiger partial charge in [-0.05, 0) is 38.5 Å². The van der Waals surface area contributed by atoms with Crippen LogP contribution in [-0.4, -0.2) is 37.5 Å². The molecule has 0 radical (unpaired) electrons. The number of esters is 2. The molecule has 0 fully saturated rings. The van der Waals surface area contributed by atoms with Crippen LogP contribution in [0.1, 0.15) is 232 Å². The summed E-state index contributed by atoms with van der Waals surface area (Å²) in [4.78, 5) is 23.8. The predicted octanol–water partition coefficient (Wildman–Crippen LogP) is 14.1. The molecule has 0 bridgehead atoms. The molecule has 0 aromatic heterocycles. The molecule has 0 aliphatic heterocycles. The van der Waals surface area contributed by atoms with Gasteiger partial charge in [0, 0.05) is 0 Å². The van der Waals surface area contributed by atoms with Gasteiger partial charge in [0.1, 0.15) is 12.3 Å². The monoisotopic (exact) mass is 687 g/mol. The van der Waals surface area contributed by atoms with Crippen molar-refractivity contribution in [3.8, 4) is 0 Å². The Morgan fingerprint density at radius 2 is 0.604 bits per heavy atom. The highest BCUT2D eigenvalue weighted by molar-refractivity contribution is 5.77. The van der Waals surface area contributed by atoms with Gasteiger partial charge in [-0.3, -0.25) is 9.59 Å². The van der Waals surface area contributed by atoms with Crippen LogP contribution in [0.15, 0.2) is 0 Å². The van der Waals surface area contributed by atoms with Crippen LogP contribution in [0.4, 0.5) is 8.78 Å². The summed E-state index contributed by atoms with van der Waals surface area (Å²) < 4.78 is 38.7. The van der Waals surface area contributed by atoms with Gasteiger partial charge in [-0.15, -0.1) is 0 Å². The van der Waals surface area contributed by atoms with E-state index in [1.54, 1.807) is 0 Å². The maximum atomic E-state index is 14.1. The highest BCUT2D eigenvalue weighted by Crippen LogP contribution is 2.18. The molecule has 0 aromatic carbocycles. The van der Waals surface area contributed by atoms with Crippen molar-refractivity contribution >= 4 is 11.9 Å². The average molecular weight is 687 g/mol. The minimum atomic E-state index is -0.685. The molecule has 0 aliphatic rings. The molecule has 286 valence electrons. The molecular formula is C42H80F2O4. The van der Waals surface area contributed by atoms with E-state index in [2.05, 4.69) is 13.8 Å². The van der Waals surface area contributed by atoms with E-state index in [4.69, 9.17) is 9.47 Å². The molecule has 4 nitrogen and oxygen atoms in total. The van der Waals surface area contributed by atoms with Crippen LogP contribution >= 0.6 is 0 Å². The number of ether oxygens (including phenoxy) is 2. The molecule has 2 atom stereocenters. The summed E-state index contributed by atoms with van der Waals surface area (Å²) in [6.45, 7) is 5.20. The van der Waals surface area contributed by atoms with Crippen molar-refractivity contribution in [3.05, 3.63) is 0 Å². The largest absolute Gasteiger partial charge is 0.466 e. The summed E-state index contributed by atoms with van der Waals surface area (Å²) in [5, 5.41) is 0. The first kappa shape index (κ1) is 46.8. The van der Waals surface area contributed by atoms with Crippen molar-refractivity contribution in [1.29, 1.82) is 0 Å². The van der Waals surface area contributed by atoms with Gasteiger partial charge in [-0.25, -0.2) is 8.78 Å². The van der Waals surface area contributed by atoms with Crippen LogP contribution in [-0.2, 0) is 19.1 Å². The number of rotatable bonds is 39. The summed E-state index contributed by atoms with van der Waals surface area (Å²) in [6, 6.07) is 0. The molecule has 0 saturated heterocycles. The van der Waals surface area contributed by atoms with Crippen LogP contribution in [0.25, 0.3) is 0 Å². The van der Waals surface area contributed by atoms with E-state index in [-0.39, 0.29) is 24.8 Å². The van der Waals surface area contributed by atoms with E-state index in [0.717, 1.165) is 77.0 Å². The number of carbonyl (C=O) groups is 2. The maximum Gasteiger partial charge on any atom is 0.306 e. The molecule has 0 rings (SSSR count). The molecule has 0 aromatic rings. The minimum Gasteiger partial charge on any atom is -0.466 e. The fourth-order valence-corrected chi connectivity index (χ4v) is 6.36. The maximum absolute atomic E-state index is 14.1. The predicted molar refractivity (Wildman–Crippen MR) is 200 cm³/mol. The summed E-state index contributed by atoms with van der Waals surface area (Å²) in [7, 11) is 0. The highest BCUT2D eigenvalue weighted by atomic mass is 19.1. The third-order valence-corrected chi connectivity index (χ3v) is 9.62. The van der Waals surface area contributed by atoms with E-state index in [1.807, 2.05) is 0 Å². The Hall–Kier alpha value is -1.20. The highest BCUT2D eigenvalue weighted by Gasteiger charge is 2.10. The lowest BCUT2D eigenvalue weighted by Crippen LogP contribution is -2.11. The number of halogens is 2. The van der Waals surface area contributed by atoms with Crippen molar-refractivity contribution in [2.24, 2.45) is 0 Å². The molecule has 0 aliphatic carbocycles. The SMILES string of the molecule is CCCCCCCCCCCCC(F)CCCCCCOC(=O)CCC(=O)OCCCCCCC(F)CCCCCCCCCCCC. The second-order valence-electron chi connectivity index (χ2n) is 14.5. The molecule has 6 heteroatoms. The number of hydrogen-bond acceptors (Lipinski definition) is 4. The first-order chi connectivity index (χ1) is 23.5. The van der Waals surface area contributed by atoms with Gasteiger partial charge in [-0.2, -0.15) is 0 Å². The van der Waals surface area contributed by atoms with Crippen LogP contribution in [0.2, 0.25) is 0 Å². The Morgan fingerprint density at radius 3 is 0.875 bits per heavy atom. The van der Waals surface area contributed by atoms with E-state index in [1.165, 1.54) is 103 Å². The van der Waals surface area contributed by atoms with E-state index >= 15 is 0 Å². The van der Waals surface area contributed by atoms with Gasteiger partial charge < -0.3 is 9.47 Å². The van der Waals surface area contributed by atoms with Crippen molar-refractivity contribution in [2.75, 3.05) is 13.2 Å². The van der Waals surface area contributed by atoms with E-state index in [9.17, 15) is 18.4 Å². The van der Waals surface area contributed by atoms with Crippen LogP contribution < -0.4 is 0 Å². The number of unbranched alkanes of at least 4 members (excludes halogenated alkanes) is 24. The zero-order valence-electron chi connectivity index (χ0n) is 32.0. The lowest BCUT2D eigenvalue weighted by Gasteiger charge is -2.09. The lowest BCUT2D eigenvalue weighted by atomic mass is 10.0. The zero-order valence-corrected chi connectivity index (χ0v) is 32.0. The fourth-order valence-electron chi connectivity index (χ4n) is 6.36. The van der Waals surface area contributed by atoms with Gasteiger partial charge in [0.05, 0.1) is 26.1 Å². The van der Waals surface area contributed by atoms with Gasteiger partial charge in [0.2, 0.25) is 0 Å². The minimum absolute atomic E-state index is 0.0399. The standard InChI is InChI=1S/C42H80F2O4/c1-3-5-7-9-11-13-15-17-19-25-31-39(43)33-27-21-23-29-37-47-41(45)35-36-42(46)48-38-30-24-22-28-34-40(44)32-26-20-18-16-14-12-10-8-6-4-2/h39-40H,3-38H2,1-2H3. The Balaban J connectivity index is 3.41. The van der Waals surface area contributed by atoms with Crippen molar-refractivity contribution in [2.45, 2.75) is 244 Å². The molecule has 0 heterocycles. The second kappa shape index (κ2) is 38.6. The molecule has 0 amide bonds. The summed E-state index contributed by atoms with van der Waals surface area (Å²) in [5.74, 6) is -0.739. The zero-order chi connectivity index (χ0) is 35.2. The van der Waals surface area contributed by atoms with Crippen molar-refractivity contribution in [3.63, 3.8) is 0 Å². The summed E-state index contributed by atoms with van der Waals surface area (Å²) >= 11 is 0. The summed E-state index contributed by atoms with van der Waals surface area (Å²) in [6.07, 6.45) is 34.0. The lowest BCUT2D eigenvalue weighted by molar-refractivity contribution is -0.150. The molecule has 0 N–H and O–H groups in total.